The van der Waals surface area contributed by atoms with E-state index in [1.807, 2.05) is 13.8 Å². The van der Waals surface area contributed by atoms with Gasteiger partial charge in [-0.1, -0.05) is 17.7 Å². The lowest BCUT2D eigenvalue weighted by molar-refractivity contribution is -0.122. The predicted octanol–water partition coefficient (Wildman–Crippen LogP) is 4.77. The van der Waals surface area contributed by atoms with Gasteiger partial charge in [0.05, 0.1) is 17.0 Å². The fraction of sp³-hybridized carbons (Fsp3) is 0.409. The summed E-state index contributed by atoms with van der Waals surface area (Å²) in [6.45, 7) is 9.98. The van der Waals surface area contributed by atoms with Crippen molar-refractivity contribution in [3.63, 3.8) is 0 Å². The Bertz CT molecular complexity index is 955. The van der Waals surface area contributed by atoms with Gasteiger partial charge in [0, 0.05) is 18.1 Å². The molecule has 2 rings (SSSR count). The van der Waals surface area contributed by atoms with Gasteiger partial charge in [-0.25, -0.2) is 4.79 Å². The Morgan fingerprint density at radius 3 is 2.45 bits per heavy atom. The van der Waals surface area contributed by atoms with E-state index in [4.69, 9.17) is 21.1 Å². The molecule has 1 aromatic heterocycles. The molecule has 168 valence electrons. The van der Waals surface area contributed by atoms with Crippen molar-refractivity contribution in [2.75, 3.05) is 25.0 Å². The van der Waals surface area contributed by atoms with Crippen LogP contribution in [0.3, 0.4) is 0 Å². The van der Waals surface area contributed by atoms with E-state index in [2.05, 4.69) is 5.32 Å². The normalized spacial score (nSPS) is 11.5. The first-order valence-electron chi connectivity index (χ1n) is 10.1. The summed E-state index contributed by atoms with van der Waals surface area (Å²) in [6.07, 6.45) is -0.863. The molecule has 1 N–H and O–H groups in total. The summed E-state index contributed by atoms with van der Waals surface area (Å²) in [5.74, 6) is -0.801. The minimum absolute atomic E-state index is 0.176. The van der Waals surface area contributed by atoms with Gasteiger partial charge in [-0.15, -0.1) is 11.3 Å². The third-order valence-electron chi connectivity index (χ3n) is 4.59. The number of carbonyl (C=O) groups is 3. The Morgan fingerprint density at radius 1 is 1.19 bits per heavy atom. The molecule has 2 amide bonds. The van der Waals surface area contributed by atoms with Gasteiger partial charge in [0.25, 0.3) is 11.8 Å². The minimum atomic E-state index is -0.863. The van der Waals surface area contributed by atoms with Crippen LogP contribution in [0.25, 0.3) is 0 Å². The number of rotatable bonds is 9. The van der Waals surface area contributed by atoms with Crippen LogP contribution in [0.15, 0.2) is 24.3 Å². The molecule has 0 saturated heterocycles. The highest BCUT2D eigenvalue weighted by Gasteiger charge is 2.29. The molecule has 1 atom stereocenters. The molecule has 0 aliphatic heterocycles. The summed E-state index contributed by atoms with van der Waals surface area (Å²) in [5, 5.41) is 3.48. The van der Waals surface area contributed by atoms with Gasteiger partial charge in [0.15, 0.2) is 6.10 Å². The number of esters is 1. The number of nitrogens with one attached hydrogen (secondary N) is 1. The molecule has 0 radical (unpaired) electrons. The number of anilines is 1. The van der Waals surface area contributed by atoms with Crippen LogP contribution in [0, 0.1) is 6.92 Å². The van der Waals surface area contributed by atoms with Gasteiger partial charge in [-0.05, 0) is 58.4 Å². The Labute approximate surface area is 191 Å². The molecule has 9 heteroatoms. The Hall–Kier alpha value is -2.58. The molecule has 0 bridgehead atoms. The standard InChI is InChI=1S/C22H27ClN2O5S/c1-6-25(7-2)21(27)18-13(4)17(22(28)29-8-3)20(31-18)24-19(26)14(5)30-16-11-9-10-15(23)12-16/h9-12,14H,6-8H2,1-5H3,(H,24,26). The molecule has 7 nitrogen and oxygen atoms in total. The Morgan fingerprint density at radius 2 is 1.87 bits per heavy atom. The third kappa shape index (κ3) is 5.98. The van der Waals surface area contributed by atoms with Crippen LogP contribution >= 0.6 is 22.9 Å². The van der Waals surface area contributed by atoms with Crippen molar-refractivity contribution in [2.45, 2.75) is 40.7 Å². The third-order valence-corrected chi connectivity index (χ3v) is 6.02. The molecular weight excluding hydrogens is 440 g/mol. The van der Waals surface area contributed by atoms with E-state index in [0.717, 1.165) is 11.3 Å². The first-order valence-corrected chi connectivity index (χ1v) is 11.3. The summed E-state index contributed by atoms with van der Waals surface area (Å²) < 4.78 is 10.8. The van der Waals surface area contributed by atoms with Crippen molar-refractivity contribution in [1.29, 1.82) is 0 Å². The van der Waals surface area contributed by atoms with Crippen LogP contribution in [-0.2, 0) is 9.53 Å². The highest BCUT2D eigenvalue weighted by Crippen LogP contribution is 2.35. The zero-order chi connectivity index (χ0) is 23.1. The number of amides is 2. The average Bonchev–Trinajstić information content (AvgIpc) is 3.04. The van der Waals surface area contributed by atoms with Crippen molar-refractivity contribution in [2.24, 2.45) is 0 Å². The van der Waals surface area contributed by atoms with Gasteiger partial charge in [-0.3, -0.25) is 9.59 Å². The first kappa shape index (κ1) is 24.7. The van der Waals surface area contributed by atoms with E-state index < -0.39 is 18.0 Å². The van der Waals surface area contributed by atoms with Crippen LogP contribution in [-0.4, -0.2) is 48.5 Å². The second kappa shape index (κ2) is 11.2. The van der Waals surface area contributed by atoms with Crippen LogP contribution in [0.5, 0.6) is 5.75 Å². The maximum Gasteiger partial charge on any atom is 0.341 e. The molecular formula is C22H27ClN2O5S. The fourth-order valence-corrected chi connectivity index (χ4v) is 4.27. The summed E-state index contributed by atoms with van der Waals surface area (Å²) in [7, 11) is 0. The van der Waals surface area contributed by atoms with E-state index in [-0.39, 0.29) is 23.1 Å². The average molecular weight is 467 g/mol. The molecule has 1 heterocycles. The number of hydrogen-bond acceptors (Lipinski definition) is 6. The second-order valence-corrected chi connectivity index (χ2v) is 8.12. The van der Waals surface area contributed by atoms with Gasteiger partial charge in [0.1, 0.15) is 10.8 Å². The van der Waals surface area contributed by atoms with Crippen LogP contribution in [0.4, 0.5) is 5.00 Å². The molecule has 0 aliphatic carbocycles. The van der Waals surface area contributed by atoms with Crippen molar-refractivity contribution in [3.05, 3.63) is 45.3 Å². The first-order chi connectivity index (χ1) is 14.7. The van der Waals surface area contributed by atoms with E-state index in [1.165, 1.54) is 0 Å². The topological polar surface area (TPSA) is 84.9 Å². The predicted molar refractivity (Wildman–Crippen MR) is 122 cm³/mol. The molecule has 0 aliphatic rings. The highest BCUT2D eigenvalue weighted by molar-refractivity contribution is 7.18. The Kier molecular flexibility index (Phi) is 8.88. The molecule has 31 heavy (non-hydrogen) atoms. The highest BCUT2D eigenvalue weighted by atomic mass is 35.5. The summed E-state index contributed by atoms with van der Waals surface area (Å²) >= 11 is 7.02. The number of benzene rings is 1. The van der Waals surface area contributed by atoms with E-state index >= 15 is 0 Å². The number of nitrogens with zero attached hydrogens (tertiary/aromatic N) is 1. The van der Waals surface area contributed by atoms with Gasteiger partial charge in [0.2, 0.25) is 0 Å². The lowest BCUT2D eigenvalue weighted by Crippen LogP contribution is -2.30. The van der Waals surface area contributed by atoms with Gasteiger partial charge < -0.3 is 19.7 Å². The van der Waals surface area contributed by atoms with Crippen LogP contribution in [0.2, 0.25) is 5.02 Å². The lowest BCUT2D eigenvalue weighted by Gasteiger charge is -2.18. The number of thiophene rings is 1. The van der Waals surface area contributed by atoms with Crippen molar-refractivity contribution >= 4 is 45.7 Å². The zero-order valence-electron chi connectivity index (χ0n) is 18.3. The lowest BCUT2D eigenvalue weighted by atomic mass is 10.1. The van der Waals surface area contributed by atoms with E-state index in [1.54, 1.807) is 49.9 Å². The quantitative estimate of drug-likeness (QED) is 0.538. The van der Waals surface area contributed by atoms with Crippen LogP contribution in [0.1, 0.15) is 53.3 Å². The number of hydrogen-bond donors (Lipinski definition) is 1. The monoisotopic (exact) mass is 466 g/mol. The minimum Gasteiger partial charge on any atom is -0.481 e. The molecule has 0 saturated carbocycles. The van der Waals surface area contributed by atoms with Crippen molar-refractivity contribution in [1.82, 2.24) is 4.90 Å². The fourth-order valence-electron chi connectivity index (χ4n) is 2.92. The maximum atomic E-state index is 12.9. The summed E-state index contributed by atoms with van der Waals surface area (Å²) in [6, 6.07) is 6.71. The Balaban J connectivity index is 2.32. The zero-order valence-corrected chi connectivity index (χ0v) is 19.9. The molecule has 1 aromatic carbocycles. The number of halogens is 1. The number of ether oxygens (including phenoxy) is 2. The number of carbonyl (C=O) groups excluding carboxylic acids is 3. The van der Waals surface area contributed by atoms with E-state index in [9.17, 15) is 14.4 Å². The SMILES string of the molecule is CCOC(=O)c1c(NC(=O)C(C)Oc2cccc(Cl)c2)sc(C(=O)N(CC)CC)c1C. The second-order valence-electron chi connectivity index (χ2n) is 6.66. The smallest absolute Gasteiger partial charge is 0.341 e. The molecule has 1 unspecified atom stereocenters. The van der Waals surface area contributed by atoms with Crippen LogP contribution < -0.4 is 10.1 Å². The van der Waals surface area contributed by atoms with Crippen molar-refractivity contribution < 1.29 is 23.9 Å². The maximum absolute atomic E-state index is 12.9. The van der Waals surface area contributed by atoms with E-state index in [0.29, 0.717) is 34.3 Å². The molecule has 2 aromatic rings. The van der Waals surface area contributed by atoms with Gasteiger partial charge in [-0.2, -0.15) is 0 Å². The van der Waals surface area contributed by atoms with Gasteiger partial charge >= 0.3 is 5.97 Å². The van der Waals surface area contributed by atoms with Crippen molar-refractivity contribution in [3.8, 4) is 5.75 Å². The molecule has 0 spiro atoms. The largest absolute Gasteiger partial charge is 0.481 e. The summed E-state index contributed by atoms with van der Waals surface area (Å²) in [4.78, 5) is 40.3. The molecule has 0 fully saturated rings. The summed E-state index contributed by atoms with van der Waals surface area (Å²) in [5.41, 5.74) is 0.671.